The second kappa shape index (κ2) is 8.55. The molecule has 1 amide bonds. The lowest BCUT2D eigenvalue weighted by Crippen LogP contribution is -2.42. The SMILES string of the molecule is CC(C)Sc1ccc(C(=O)NC2CCNCC2)cc1.Cl. The van der Waals surface area contributed by atoms with Crippen LogP contribution in [0.1, 0.15) is 37.0 Å². The van der Waals surface area contributed by atoms with E-state index >= 15 is 0 Å². The van der Waals surface area contributed by atoms with Crippen LogP contribution in [0.5, 0.6) is 0 Å². The van der Waals surface area contributed by atoms with Crippen LogP contribution in [0.3, 0.4) is 0 Å². The van der Waals surface area contributed by atoms with Crippen molar-refractivity contribution < 1.29 is 4.79 Å². The number of hydrogen-bond acceptors (Lipinski definition) is 3. The Morgan fingerprint density at radius 3 is 2.40 bits per heavy atom. The summed E-state index contributed by atoms with van der Waals surface area (Å²) >= 11 is 1.81. The van der Waals surface area contributed by atoms with Crippen LogP contribution in [-0.2, 0) is 0 Å². The predicted octanol–water partition coefficient (Wildman–Crippen LogP) is 3.09. The third kappa shape index (κ3) is 5.35. The minimum Gasteiger partial charge on any atom is -0.349 e. The van der Waals surface area contributed by atoms with E-state index in [4.69, 9.17) is 0 Å². The number of carbonyl (C=O) groups is 1. The van der Waals surface area contributed by atoms with Gasteiger partial charge in [-0.1, -0.05) is 13.8 Å². The number of nitrogens with one attached hydrogen (secondary N) is 2. The fourth-order valence-corrected chi connectivity index (χ4v) is 3.03. The summed E-state index contributed by atoms with van der Waals surface area (Å²) in [5.74, 6) is 0.0491. The highest BCUT2D eigenvalue weighted by molar-refractivity contribution is 7.99. The van der Waals surface area contributed by atoms with Crippen LogP contribution in [0.4, 0.5) is 0 Å². The van der Waals surface area contributed by atoms with E-state index in [9.17, 15) is 4.79 Å². The molecule has 5 heteroatoms. The number of carbonyl (C=O) groups excluding carboxylic acids is 1. The fraction of sp³-hybridized carbons (Fsp3) is 0.533. The summed E-state index contributed by atoms with van der Waals surface area (Å²) in [6.45, 7) is 6.33. The lowest BCUT2D eigenvalue weighted by atomic mass is 10.1. The molecular weight excluding hydrogens is 292 g/mol. The maximum atomic E-state index is 12.1. The molecule has 1 aromatic carbocycles. The molecule has 1 aromatic rings. The van der Waals surface area contributed by atoms with Gasteiger partial charge < -0.3 is 10.6 Å². The van der Waals surface area contributed by atoms with E-state index in [1.807, 2.05) is 36.0 Å². The molecule has 0 aromatic heterocycles. The number of amides is 1. The molecule has 0 spiro atoms. The number of benzene rings is 1. The summed E-state index contributed by atoms with van der Waals surface area (Å²) < 4.78 is 0. The molecule has 1 fully saturated rings. The van der Waals surface area contributed by atoms with Gasteiger partial charge in [-0.05, 0) is 50.2 Å². The Bertz CT molecular complexity index is 416. The molecule has 0 bridgehead atoms. The van der Waals surface area contributed by atoms with Gasteiger partial charge >= 0.3 is 0 Å². The van der Waals surface area contributed by atoms with E-state index in [0.717, 1.165) is 31.5 Å². The molecule has 1 saturated heterocycles. The van der Waals surface area contributed by atoms with Gasteiger partial charge in [0.05, 0.1) is 0 Å². The second-order valence-electron chi connectivity index (χ2n) is 5.19. The van der Waals surface area contributed by atoms with Gasteiger partial charge in [0.2, 0.25) is 0 Å². The highest BCUT2D eigenvalue weighted by Crippen LogP contribution is 2.22. The summed E-state index contributed by atoms with van der Waals surface area (Å²) in [5, 5.41) is 6.97. The van der Waals surface area contributed by atoms with Crippen molar-refractivity contribution in [1.29, 1.82) is 0 Å². The van der Waals surface area contributed by atoms with Gasteiger partial charge in [0.15, 0.2) is 0 Å². The summed E-state index contributed by atoms with van der Waals surface area (Å²) in [6.07, 6.45) is 2.04. The van der Waals surface area contributed by atoms with Gasteiger partial charge in [-0.25, -0.2) is 0 Å². The quantitative estimate of drug-likeness (QED) is 0.839. The minimum absolute atomic E-state index is 0. The van der Waals surface area contributed by atoms with E-state index in [1.54, 1.807) is 0 Å². The molecular formula is C15H23ClN2OS. The Labute approximate surface area is 131 Å². The zero-order valence-electron chi connectivity index (χ0n) is 12.0. The van der Waals surface area contributed by atoms with Crippen molar-refractivity contribution in [1.82, 2.24) is 10.6 Å². The molecule has 1 aliphatic rings. The lowest BCUT2D eigenvalue weighted by Gasteiger charge is -2.23. The van der Waals surface area contributed by atoms with Crippen molar-refractivity contribution in [2.75, 3.05) is 13.1 Å². The summed E-state index contributed by atoms with van der Waals surface area (Å²) in [4.78, 5) is 13.3. The van der Waals surface area contributed by atoms with Crippen LogP contribution in [-0.4, -0.2) is 30.3 Å². The Kier molecular flexibility index (Phi) is 7.41. The first-order valence-corrected chi connectivity index (χ1v) is 7.81. The molecule has 20 heavy (non-hydrogen) atoms. The first-order chi connectivity index (χ1) is 9.15. The highest BCUT2D eigenvalue weighted by Gasteiger charge is 2.16. The van der Waals surface area contributed by atoms with Gasteiger partial charge in [-0.15, -0.1) is 24.2 Å². The van der Waals surface area contributed by atoms with E-state index in [0.29, 0.717) is 11.3 Å². The Balaban J connectivity index is 0.00000200. The summed E-state index contributed by atoms with van der Waals surface area (Å²) in [7, 11) is 0. The van der Waals surface area contributed by atoms with Gasteiger partial charge in [-0.3, -0.25) is 4.79 Å². The van der Waals surface area contributed by atoms with Crippen LogP contribution in [0.25, 0.3) is 0 Å². The van der Waals surface area contributed by atoms with Gasteiger partial charge in [0, 0.05) is 21.8 Å². The smallest absolute Gasteiger partial charge is 0.251 e. The lowest BCUT2D eigenvalue weighted by molar-refractivity contribution is 0.0929. The number of rotatable bonds is 4. The normalized spacial score (nSPS) is 15.8. The highest BCUT2D eigenvalue weighted by atomic mass is 35.5. The number of halogens is 1. The van der Waals surface area contributed by atoms with E-state index in [2.05, 4.69) is 24.5 Å². The Hall–Kier alpha value is -0.710. The van der Waals surface area contributed by atoms with Crippen LogP contribution >= 0.6 is 24.2 Å². The third-order valence-corrected chi connectivity index (χ3v) is 4.18. The van der Waals surface area contributed by atoms with Crippen LogP contribution in [0.2, 0.25) is 0 Å². The van der Waals surface area contributed by atoms with E-state index in [1.165, 1.54) is 4.90 Å². The second-order valence-corrected chi connectivity index (χ2v) is 6.84. The van der Waals surface area contributed by atoms with Crippen molar-refractivity contribution >= 4 is 30.1 Å². The van der Waals surface area contributed by atoms with Gasteiger partial charge in [0.25, 0.3) is 5.91 Å². The maximum absolute atomic E-state index is 12.1. The predicted molar refractivity (Wildman–Crippen MR) is 88.0 cm³/mol. The van der Waals surface area contributed by atoms with Crippen molar-refractivity contribution in [3.05, 3.63) is 29.8 Å². The van der Waals surface area contributed by atoms with E-state index < -0.39 is 0 Å². The summed E-state index contributed by atoms with van der Waals surface area (Å²) in [5.41, 5.74) is 0.756. The Morgan fingerprint density at radius 1 is 1.25 bits per heavy atom. The minimum atomic E-state index is 0. The monoisotopic (exact) mass is 314 g/mol. The zero-order valence-corrected chi connectivity index (χ0v) is 13.7. The first-order valence-electron chi connectivity index (χ1n) is 6.93. The molecule has 0 saturated carbocycles. The molecule has 0 unspecified atom stereocenters. The average molecular weight is 315 g/mol. The molecule has 0 aliphatic carbocycles. The van der Waals surface area contributed by atoms with Crippen LogP contribution in [0, 0.1) is 0 Å². The largest absolute Gasteiger partial charge is 0.349 e. The van der Waals surface area contributed by atoms with Crippen molar-refractivity contribution in [2.24, 2.45) is 0 Å². The first kappa shape index (κ1) is 17.3. The number of hydrogen-bond donors (Lipinski definition) is 2. The van der Waals surface area contributed by atoms with Gasteiger partial charge in [0.1, 0.15) is 0 Å². The molecule has 0 radical (unpaired) electrons. The van der Waals surface area contributed by atoms with Crippen molar-refractivity contribution in [2.45, 2.75) is 42.9 Å². The molecule has 1 heterocycles. The van der Waals surface area contributed by atoms with Gasteiger partial charge in [-0.2, -0.15) is 0 Å². The Morgan fingerprint density at radius 2 is 1.85 bits per heavy atom. The maximum Gasteiger partial charge on any atom is 0.251 e. The molecule has 1 aliphatic heterocycles. The topological polar surface area (TPSA) is 41.1 Å². The number of thioether (sulfide) groups is 1. The molecule has 112 valence electrons. The fourth-order valence-electron chi connectivity index (χ4n) is 2.19. The third-order valence-electron chi connectivity index (χ3n) is 3.16. The molecule has 0 atom stereocenters. The van der Waals surface area contributed by atoms with Crippen LogP contribution < -0.4 is 10.6 Å². The van der Waals surface area contributed by atoms with Crippen molar-refractivity contribution in [3.63, 3.8) is 0 Å². The average Bonchev–Trinajstić information content (AvgIpc) is 2.40. The zero-order chi connectivity index (χ0) is 13.7. The molecule has 2 N–H and O–H groups in total. The standard InChI is InChI=1S/C15H22N2OS.ClH/c1-11(2)19-14-5-3-12(4-6-14)15(18)17-13-7-9-16-10-8-13;/h3-6,11,13,16H,7-10H2,1-2H3,(H,17,18);1H. The molecule has 3 nitrogen and oxygen atoms in total. The number of piperidine rings is 1. The van der Waals surface area contributed by atoms with Crippen LogP contribution in [0.15, 0.2) is 29.2 Å². The molecule has 2 rings (SSSR count). The van der Waals surface area contributed by atoms with E-state index in [-0.39, 0.29) is 18.3 Å². The van der Waals surface area contributed by atoms with Crippen molar-refractivity contribution in [3.8, 4) is 0 Å². The summed E-state index contributed by atoms with van der Waals surface area (Å²) in [6, 6.07) is 8.21.